The number of carbonyl (C=O) groups excluding carboxylic acids is 1. The van der Waals surface area contributed by atoms with E-state index in [2.05, 4.69) is 5.32 Å². The van der Waals surface area contributed by atoms with Crippen molar-refractivity contribution >= 4 is 18.3 Å². The van der Waals surface area contributed by atoms with Crippen LogP contribution in [0.5, 0.6) is 0 Å². The molecule has 0 aromatic heterocycles. The van der Waals surface area contributed by atoms with Crippen molar-refractivity contribution in [2.24, 2.45) is 5.92 Å². The van der Waals surface area contributed by atoms with E-state index >= 15 is 0 Å². The molecule has 0 radical (unpaired) electrons. The van der Waals surface area contributed by atoms with Gasteiger partial charge < -0.3 is 10.2 Å². The minimum Gasteiger partial charge on any atom is -0.341 e. The molecule has 0 spiro atoms. The lowest BCUT2D eigenvalue weighted by Crippen LogP contribution is -2.31. The van der Waals surface area contributed by atoms with Gasteiger partial charge in [0.25, 0.3) is 5.91 Å². The molecule has 2 aliphatic heterocycles. The Kier molecular flexibility index (Phi) is 3.59. The first kappa shape index (κ1) is 13.3. The number of hydrogen-bond acceptors (Lipinski definition) is 2. The number of rotatable bonds is 0. The fraction of sp³-hybridized carbons (Fsp3) is 0.462. The maximum absolute atomic E-state index is 13.3. The zero-order chi connectivity index (χ0) is 12.0. The Balaban J connectivity index is 0.00000120. The van der Waals surface area contributed by atoms with Crippen LogP contribution in [0.2, 0.25) is 0 Å². The van der Waals surface area contributed by atoms with Crippen LogP contribution in [-0.2, 0) is 0 Å². The molecule has 1 fully saturated rings. The van der Waals surface area contributed by atoms with Gasteiger partial charge in [-0.3, -0.25) is 4.79 Å². The number of benzene rings is 1. The highest BCUT2D eigenvalue weighted by Crippen LogP contribution is 2.34. The van der Waals surface area contributed by atoms with Crippen molar-refractivity contribution in [3.05, 3.63) is 35.1 Å². The van der Waals surface area contributed by atoms with Crippen LogP contribution in [0.25, 0.3) is 0 Å². The highest BCUT2D eigenvalue weighted by Gasteiger charge is 2.36. The first-order chi connectivity index (χ1) is 8.16. The normalized spacial score (nSPS) is 26.1. The number of amides is 1. The third-order valence-corrected chi connectivity index (χ3v) is 3.84. The number of nitrogens with zero attached hydrogens (tertiary/aromatic N) is 1. The van der Waals surface area contributed by atoms with Gasteiger partial charge in [-0.2, -0.15) is 0 Å². The third-order valence-electron chi connectivity index (χ3n) is 3.84. The van der Waals surface area contributed by atoms with Crippen LogP contribution in [0, 0.1) is 11.7 Å². The summed E-state index contributed by atoms with van der Waals surface area (Å²) in [4.78, 5) is 13.9. The van der Waals surface area contributed by atoms with Crippen LogP contribution >= 0.6 is 12.4 Å². The maximum Gasteiger partial charge on any atom is 0.253 e. The SMILES string of the molecule is CN1C[C@H]2CNC[C@@H]2c2ccc(F)cc2C1=O.Cl. The van der Waals surface area contributed by atoms with E-state index in [-0.39, 0.29) is 24.1 Å². The molecule has 0 unspecified atom stereocenters. The van der Waals surface area contributed by atoms with E-state index in [1.54, 1.807) is 18.0 Å². The quantitative estimate of drug-likeness (QED) is 0.777. The summed E-state index contributed by atoms with van der Waals surface area (Å²) >= 11 is 0. The van der Waals surface area contributed by atoms with Crippen molar-refractivity contribution in [1.82, 2.24) is 10.2 Å². The zero-order valence-corrected chi connectivity index (χ0v) is 11.0. The Hall–Kier alpha value is -1.13. The summed E-state index contributed by atoms with van der Waals surface area (Å²) in [7, 11) is 1.79. The second-order valence-corrected chi connectivity index (χ2v) is 4.94. The van der Waals surface area contributed by atoms with Gasteiger partial charge in [0.1, 0.15) is 5.82 Å². The smallest absolute Gasteiger partial charge is 0.253 e. The van der Waals surface area contributed by atoms with Gasteiger partial charge in [-0.15, -0.1) is 12.4 Å². The number of hydrogen-bond donors (Lipinski definition) is 1. The van der Waals surface area contributed by atoms with E-state index in [1.165, 1.54) is 12.1 Å². The molecule has 1 amide bonds. The molecule has 1 aromatic carbocycles. The van der Waals surface area contributed by atoms with Crippen LogP contribution in [0.1, 0.15) is 21.8 Å². The molecule has 1 saturated heterocycles. The van der Waals surface area contributed by atoms with Crippen LogP contribution in [-0.4, -0.2) is 37.5 Å². The van der Waals surface area contributed by atoms with E-state index in [4.69, 9.17) is 0 Å². The minimum atomic E-state index is -0.338. The van der Waals surface area contributed by atoms with Crippen LogP contribution in [0.15, 0.2) is 18.2 Å². The summed E-state index contributed by atoms with van der Waals surface area (Å²) in [5.41, 5.74) is 1.53. The van der Waals surface area contributed by atoms with Crippen molar-refractivity contribution in [3.8, 4) is 0 Å². The molecule has 2 aliphatic rings. The van der Waals surface area contributed by atoms with Gasteiger partial charge in [0.2, 0.25) is 0 Å². The summed E-state index contributed by atoms with van der Waals surface area (Å²) < 4.78 is 13.3. The van der Waals surface area contributed by atoms with Crippen LogP contribution in [0.3, 0.4) is 0 Å². The molecular formula is C13H16ClFN2O. The highest BCUT2D eigenvalue weighted by molar-refractivity contribution is 5.96. The first-order valence-electron chi connectivity index (χ1n) is 5.92. The zero-order valence-electron chi connectivity index (χ0n) is 10.1. The Morgan fingerprint density at radius 2 is 2.17 bits per heavy atom. The predicted molar refractivity (Wildman–Crippen MR) is 69.7 cm³/mol. The Morgan fingerprint density at radius 3 is 2.94 bits per heavy atom. The van der Waals surface area contributed by atoms with Gasteiger partial charge in [0.15, 0.2) is 0 Å². The molecule has 1 N–H and O–H groups in total. The molecule has 0 aliphatic carbocycles. The monoisotopic (exact) mass is 270 g/mol. The second kappa shape index (κ2) is 4.86. The molecule has 3 nitrogen and oxygen atoms in total. The number of carbonyl (C=O) groups is 1. The molecular weight excluding hydrogens is 255 g/mol. The van der Waals surface area contributed by atoms with Crippen molar-refractivity contribution in [1.29, 1.82) is 0 Å². The number of fused-ring (bicyclic) bond motifs is 3. The van der Waals surface area contributed by atoms with Gasteiger partial charge in [0, 0.05) is 38.2 Å². The summed E-state index contributed by atoms with van der Waals surface area (Å²) in [6.45, 7) is 2.55. The van der Waals surface area contributed by atoms with Crippen molar-refractivity contribution < 1.29 is 9.18 Å². The summed E-state index contributed by atoms with van der Waals surface area (Å²) in [6.07, 6.45) is 0. The van der Waals surface area contributed by atoms with E-state index < -0.39 is 0 Å². The molecule has 0 saturated carbocycles. The van der Waals surface area contributed by atoms with Crippen molar-refractivity contribution in [2.45, 2.75) is 5.92 Å². The Morgan fingerprint density at radius 1 is 1.39 bits per heavy atom. The molecule has 2 heterocycles. The second-order valence-electron chi connectivity index (χ2n) is 4.94. The summed E-state index contributed by atoms with van der Waals surface area (Å²) in [5.74, 6) is 0.374. The van der Waals surface area contributed by atoms with Crippen LogP contribution in [0.4, 0.5) is 4.39 Å². The Labute approximate surface area is 112 Å². The van der Waals surface area contributed by atoms with Gasteiger partial charge >= 0.3 is 0 Å². The first-order valence-corrected chi connectivity index (χ1v) is 5.92. The van der Waals surface area contributed by atoms with Gasteiger partial charge in [0.05, 0.1) is 0 Å². The topological polar surface area (TPSA) is 32.3 Å². The largest absolute Gasteiger partial charge is 0.341 e. The van der Waals surface area contributed by atoms with E-state index in [0.717, 1.165) is 25.2 Å². The lowest BCUT2D eigenvalue weighted by atomic mass is 9.87. The average Bonchev–Trinajstić information content (AvgIpc) is 2.72. The third kappa shape index (κ3) is 1.99. The fourth-order valence-corrected chi connectivity index (χ4v) is 2.97. The van der Waals surface area contributed by atoms with Crippen LogP contribution < -0.4 is 5.32 Å². The highest BCUT2D eigenvalue weighted by atomic mass is 35.5. The van der Waals surface area contributed by atoms with Crippen molar-refractivity contribution in [2.75, 3.05) is 26.7 Å². The minimum absolute atomic E-state index is 0. The van der Waals surface area contributed by atoms with Gasteiger partial charge in [-0.05, 0) is 23.6 Å². The molecule has 2 atom stereocenters. The number of halogens is 2. The molecule has 3 rings (SSSR count). The summed E-state index contributed by atoms with van der Waals surface area (Å²) in [6, 6.07) is 4.59. The molecule has 5 heteroatoms. The predicted octanol–water partition coefficient (Wildman–Crippen LogP) is 1.64. The molecule has 98 valence electrons. The van der Waals surface area contributed by atoms with E-state index in [9.17, 15) is 9.18 Å². The Bertz CT molecular complexity index is 480. The molecule has 0 bridgehead atoms. The van der Waals surface area contributed by atoms with E-state index in [0.29, 0.717) is 17.4 Å². The average molecular weight is 271 g/mol. The molecule has 18 heavy (non-hydrogen) atoms. The standard InChI is InChI=1S/C13H15FN2O.ClH/c1-16-7-8-5-15-6-12(8)10-3-2-9(14)4-11(10)13(16)17;/h2-4,8,12,15H,5-7H2,1H3;1H/t8-,12+;/m1./s1. The van der Waals surface area contributed by atoms with E-state index in [1.807, 2.05) is 0 Å². The molecule has 1 aromatic rings. The summed E-state index contributed by atoms with van der Waals surface area (Å²) in [5, 5.41) is 3.35. The lowest BCUT2D eigenvalue weighted by molar-refractivity contribution is 0.0784. The fourth-order valence-electron chi connectivity index (χ4n) is 2.97. The lowest BCUT2D eigenvalue weighted by Gasteiger charge is -2.19. The number of nitrogens with one attached hydrogen (secondary N) is 1. The maximum atomic E-state index is 13.3. The van der Waals surface area contributed by atoms with Gasteiger partial charge in [-0.1, -0.05) is 6.07 Å². The van der Waals surface area contributed by atoms with Crippen molar-refractivity contribution in [3.63, 3.8) is 0 Å². The van der Waals surface area contributed by atoms with Gasteiger partial charge in [-0.25, -0.2) is 4.39 Å².